The van der Waals surface area contributed by atoms with Gasteiger partial charge in [-0.25, -0.2) is 0 Å². The second-order valence-electron chi connectivity index (χ2n) is 19.8. The molecule has 73 heavy (non-hydrogen) atoms. The van der Waals surface area contributed by atoms with Crippen LogP contribution >= 0.6 is 0 Å². The maximum absolute atomic E-state index is 14.5. The van der Waals surface area contributed by atoms with Crippen molar-refractivity contribution >= 4 is 39.5 Å². The van der Waals surface area contributed by atoms with E-state index in [1.807, 2.05) is 69.9 Å². The van der Waals surface area contributed by atoms with E-state index in [9.17, 15) is 37.5 Å². The fraction of sp³-hybridized carbons (Fsp3) is 0.528. The van der Waals surface area contributed by atoms with Crippen LogP contribution in [0.2, 0.25) is 0 Å². The van der Waals surface area contributed by atoms with E-state index in [0.717, 1.165) is 12.5 Å². The average Bonchev–Trinajstić information content (AvgIpc) is 3.82. The third-order valence-corrected chi connectivity index (χ3v) is 13.9. The lowest BCUT2D eigenvalue weighted by Gasteiger charge is -2.30. The van der Waals surface area contributed by atoms with Crippen LogP contribution in [0.3, 0.4) is 0 Å². The first kappa shape index (κ1) is 57.8. The zero-order valence-corrected chi connectivity index (χ0v) is 44.2. The quantitative estimate of drug-likeness (QED) is 0.0509. The van der Waals surface area contributed by atoms with E-state index in [2.05, 4.69) is 31.6 Å². The van der Waals surface area contributed by atoms with Crippen molar-refractivity contribution in [3.8, 4) is 5.75 Å². The molecule has 1 saturated heterocycles. The molecular weight excluding hydrogens is 957 g/mol. The van der Waals surface area contributed by atoms with E-state index in [1.54, 1.807) is 55.1 Å². The Balaban J connectivity index is 1.31. The summed E-state index contributed by atoms with van der Waals surface area (Å²) in [6.07, 6.45) is 2.68. The van der Waals surface area contributed by atoms with Gasteiger partial charge in [-0.05, 0) is 99.6 Å². The van der Waals surface area contributed by atoms with Gasteiger partial charge in [-0.1, -0.05) is 93.6 Å². The topological polar surface area (TPSA) is 249 Å². The second kappa shape index (κ2) is 27.3. The summed E-state index contributed by atoms with van der Waals surface area (Å²) in [4.78, 5) is 72.5. The summed E-state index contributed by atoms with van der Waals surface area (Å²) in [6.45, 7) is 15.6. The average molecular weight is 1030 g/mol. The summed E-state index contributed by atoms with van der Waals surface area (Å²) in [7, 11) is -4.55. The third kappa shape index (κ3) is 18.1. The zero-order valence-electron chi connectivity index (χ0n) is 43.4. The molecule has 398 valence electrons. The first-order valence-electron chi connectivity index (χ1n) is 25.0. The number of hydrogen-bond donors (Lipinski definition) is 5. The summed E-state index contributed by atoms with van der Waals surface area (Å²) < 4.78 is 45.8. The Hall–Kier alpha value is -6.06. The highest BCUT2D eigenvalue weighted by atomic mass is 32.2. The van der Waals surface area contributed by atoms with Crippen LogP contribution < -0.4 is 26.0 Å². The molecule has 2 heterocycles. The first-order valence-corrected chi connectivity index (χ1v) is 26.4. The summed E-state index contributed by atoms with van der Waals surface area (Å²) >= 11 is 0. The summed E-state index contributed by atoms with van der Waals surface area (Å²) in [5.41, 5.74) is 0.427. The van der Waals surface area contributed by atoms with Crippen LogP contribution in [-0.4, -0.2) is 132 Å². The van der Waals surface area contributed by atoms with E-state index in [1.165, 1.54) is 12.1 Å². The number of benzene rings is 3. The van der Waals surface area contributed by atoms with Gasteiger partial charge in [0, 0.05) is 26.1 Å². The number of amides is 4. The van der Waals surface area contributed by atoms with Crippen LogP contribution in [0.4, 0.5) is 0 Å². The van der Waals surface area contributed by atoms with Crippen molar-refractivity contribution in [1.29, 1.82) is 0 Å². The Kier molecular flexibility index (Phi) is 21.6. The third-order valence-electron chi connectivity index (χ3n) is 12.3. The number of nitrogens with zero attached hydrogens (tertiary/aromatic N) is 4. The largest absolute Gasteiger partial charge is 0.487 e. The lowest BCUT2D eigenvalue weighted by molar-refractivity contribution is -0.143. The molecule has 1 aliphatic rings. The van der Waals surface area contributed by atoms with Gasteiger partial charge in [-0.15, -0.1) is 5.10 Å². The van der Waals surface area contributed by atoms with Crippen molar-refractivity contribution in [3.05, 3.63) is 107 Å². The van der Waals surface area contributed by atoms with E-state index >= 15 is 0 Å². The normalized spacial score (nSPS) is 15.7. The number of nitrogens with one attached hydrogen (secondary N) is 4. The zero-order chi connectivity index (χ0) is 53.3. The second-order valence-corrected chi connectivity index (χ2v) is 21.3. The van der Waals surface area contributed by atoms with Crippen molar-refractivity contribution in [3.63, 3.8) is 0 Å². The molecule has 5 N–H and O–H groups in total. The van der Waals surface area contributed by atoms with Gasteiger partial charge in [-0.3, -0.25) is 37.7 Å². The van der Waals surface area contributed by atoms with Crippen LogP contribution in [0.5, 0.6) is 5.75 Å². The molecule has 4 aromatic rings. The monoisotopic (exact) mass is 1030 g/mol. The number of ether oxygens (including phenoxy) is 2. The predicted octanol–water partition coefficient (Wildman–Crippen LogP) is 3.76. The first-order chi connectivity index (χ1) is 34.6. The summed E-state index contributed by atoms with van der Waals surface area (Å²) in [5.74, 6) is -3.14. The minimum Gasteiger partial charge on any atom is -0.487 e. The summed E-state index contributed by atoms with van der Waals surface area (Å²) in [6, 6.07) is 16.8. The molecule has 5 atom stereocenters. The SMILES string of the molecule is CCn1cc(COc2cc(C)c(S(=O)(=O)OCC(C)(O)C(=O)C(CC(C)C)NC(=O)[C@H](Cc3ccccc3)NC(=O)[C@H](CC(C)C)NC(=O)[C@H](CCc3ccccc3)NC(=O)CN3CCOCC3)c(C)c2)nn1. The Morgan fingerprint density at radius 1 is 0.781 bits per heavy atom. The number of carbonyl (C=O) groups is 5. The summed E-state index contributed by atoms with van der Waals surface area (Å²) in [5, 5.41) is 31.1. The van der Waals surface area contributed by atoms with Gasteiger partial charge in [0.05, 0.1) is 32.0 Å². The molecule has 4 amide bonds. The molecule has 2 unspecified atom stereocenters. The van der Waals surface area contributed by atoms with Gasteiger partial charge in [0.15, 0.2) is 5.78 Å². The maximum Gasteiger partial charge on any atom is 0.297 e. The van der Waals surface area contributed by atoms with Gasteiger partial charge in [0.2, 0.25) is 23.6 Å². The molecule has 19 nitrogen and oxygen atoms in total. The maximum atomic E-state index is 14.5. The number of aryl methyl sites for hydroxylation is 4. The van der Waals surface area contributed by atoms with Crippen molar-refractivity contribution in [2.75, 3.05) is 39.5 Å². The molecule has 1 aromatic heterocycles. The number of hydrogen-bond acceptors (Lipinski definition) is 14. The highest BCUT2D eigenvalue weighted by molar-refractivity contribution is 7.86. The Morgan fingerprint density at radius 3 is 1.92 bits per heavy atom. The number of carbonyl (C=O) groups excluding carboxylic acids is 5. The highest BCUT2D eigenvalue weighted by Crippen LogP contribution is 2.29. The number of rotatable bonds is 28. The van der Waals surface area contributed by atoms with Crippen LogP contribution in [0.1, 0.15) is 88.8 Å². The van der Waals surface area contributed by atoms with Crippen molar-refractivity contribution < 1.29 is 51.2 Å². The molecular formula is C53H74N8O11S. The Bertz CT molecular complexity index is 2540. The predicted molar refractivity (Wildman–Crippen MR) is 274 cm³/mol. The number of morpholine rings is 1. The minimum atomic E-state index is -4.55. The standard InChI is InChI=1S/C53H74N8O11S/c1-9-61-31-41(58-59-61)33-71-42-28-37(6)48(38(7)29-42)73(68,69)72-34-53(8,67)49(63)44(26-35(2)3)55-52(66)46(30-40-18-14-11-15-19-40)57-51(65)45(27-36(4)5)56-50(64)43(21-20-39-16-12-10-13-17-39)54-47(62)32-60-22-24-70-25-23-60/h10-19,28-29,31,35-36,43-46,67H,9,20-27,30,32-34H2,1-8H3,(H,54,62)(H,55,66)(H,56,64)(H,57,65)/t43-,44?,45-,46-,53?/m0/s1. The Morgan fingerprint density at radius 2 is 1.33 bits per heavy atom. The Labute approximate surface area is 429 Å². The molecule has 1 aliphatic heterocycles. The number of aromatic nitrogens is 3. The molecule has 5 rings (SSSR count). The van der Waals surface area contributed by atoms with E-state index in [0.29, 0.717) is 67.4 Å². The van der Waals surface area contributed by atoms with E-state index in [-0.39, 0.29) is 61.5 Å². The van der Waals surface area contributed by atoms with Crippen molar-refractivity contribution in [2.45, 2.75) is 135 Å². The van der Waals surface area contributed by atoms with Crippen LogP contribution in [0.15, 0.2) is 83.9 Å². The molecule has 0 aliphatic carbocycles. The van der Waals surface area contributed by atoms with Crippen LogP contribution in [-0.2, 0) is 69.0 Å². The molecule has 1 fully saturated rings. The molecule has 20 heteroatoms. The van der Waals surface area contributed by atoms with E-state index < -0.39 is 70.0 Å². The van der Waals surface area contributed by atoms with Crippen molar-refractivity contribution in [2.24, 2.45) is 11.8 Å². The highest BCUT2D eigenvalue weighted by Gasteiger charge is 2.41. The van der Waals surface area contributed by atoms with Crippen LogP contribution in [0.25, 0.3) is 0 Å². The molecule has 3 aromatic carbocycles. The number of aliphatic hydroxyl groups is 1. The lowest BCUT2D eigenvalue weighted by Crippen LogP contribution is -2.60. The lowest BCUT2D eigenvalue weighted by atomic mass is 9.90. The molecule has 0 saturated carbocycles. The number of ketones is 1. The fourth-order valence-corrected chi connectivity index (χ4v) is 9.92. The molecule has 0 bridgehead atoms. The molecule has 0 spiro atoms. The van der Waals surface area contributed by atoms with Gasteiger partial charge in [-0.2, -0.15) is 8.42 Å². The molecule has 0 radical (unpaired) electrons. The fourth-order valence-electron chi connectivity index (χ4n) is 8.51. The minimum absolute atomic E-state index is 0.0125. The van der Waals surface area contributed by atoms with E-state index in [4.69, 9.17) is 13.7 Å². The number of Topliss-reactive ketones (excluding diaryl/α,β-unsaturated/α-hetero) is 1. The smallest absolute Gasteiger partial charge is 0.297 e. The van der Waals surface area contributed by atoms with Gasteiger partial charge in [0.25, 0.3) is 10.1 Å². The van der Waals surface area contributed by atoms with Gasteiger partial charge < -0.3 is 35.8 Å². The van der Waals surface area contributed by atoms with Gasteiger partial charge in [0.1, 0.15) is 53.3 Å². The van der Waals surface area contributed by atoms with Crippen LogP contribution in [0, 0.1) is 25.7 Å². The van der Waals surface area contributed by atoms with Gasteiger partial charge >= 0.3 is 0 Å². The van der Waals surface area contributed by atoms with Crippen molar-refractivity contribution in [1.82, 2.24) is 41.2 Å².